The number of hydrogen-bond donors (Lipinski definition) is 2. The molecule has 0 saturated heterocycles. The van der Waals surface area contributed by atoms with Crippen LogP contribution in [0.25, 0.3) is 0 Å². The first-order valence-corrected chi connectivity index (χ1v) is 5.71. The van der Waals surface area contributed by atoms with Crippen LogP contribution in [0.4, 0.5) is 13.2 Å². The van der Waals surface area contributed by atoms with Crippen molar-refractivity contribution >= 4 is 0 Å². The van der Waals surface area contributed by atoms with E-state index in [0.717, 1.165) is 6.20 Å². The molecule has 1 aromatic heterocycles. The Morgan fingerprint density at radius 1 is 1.15 bits per heavy atom. The summed E-state index contributed by atoms with van der Waals surface area (Å²) in [5, 5.41) is 0. The van der Waals surface area contributed by atoms with Crippen LogP contribution in [0.2, 0.25) is 0 Å². The van der Waals surface area contributed by atoms with Crippen LogP contribution in [-0.2, 0) is 0 Å². The van der Waals surface area contributed by atoms with Gasteiger partial charge in [0.1, 0.15) is 11.6 Å². The minimum absolute atomic E-state index is 0.00196. The van der Waals surface area contributed by atoms with Gasteiger partial charge in [-0.25, -0.2) is 9.82 Å². The lowest BCUT2D eigenvalue weighted by molar-refractivity contribution is -0.0498. The zero-order valence-corrected chi connectivity index (χ0v) is 10.3. The summed E-state index contributed by atoms with van der Waals surface area (Å²) in [7, 11) is 0. The molecule has 0 bridgehead atoms. The van der Waals surface area contributed by atoms with E-state index >= 15 is 0 Å². The Labute approximate surface area is 113 Å². The van der Waals surface area contributed by atoms with Gasteiger partial charge < -0.3 is 4.74 Å². The third-order valence-corrected chi connectivity index (χ3v) is 2.64. The van der Waals surface area contributed by atoms with E-state index in [1.165, 1.54) is 24.4 Å². The number of halogens is 3. The molecule has 0 aliphatic heterocycles. The van der Waals surface area contributed by atoms with Gasteiger partial charge in [-0.15, -0.1) is 0 Å². The number of aromatic nitrogens is 1. The fourth-order valence-electron chi connectivity index (χ4n) is 1.84. The molecule has 0 aliphatic rings. The van der Waals surface area contributed by atoms with Crippen LogP contribution in [0.1, 0.15) is 17.2 Å². The van der Waals surface area contributed by atoms with Crippen molar-refractivity contribution in [3.63, 3.8) is 0 Å². The fraction of sp³-hybridized carbons (Fsp3) is 0.154. The zero-order valence-electron chi connectivity index (χ0n) is 10.3. The molecule has 0 amide bonds. The van der Waals surface area contributed by atoms with Crippen molar-refractivity contribution in [2.45, 2.75) is 12.7 Å². The maximum absolute atomic E-state index is 13.2. The lowest BCUT2D eigenvalue weighted by Crippen LogP contribution is -2.29. The lowest BCUT2D eigenvalue weighted by Gasteiger charge is -2.17. The highest BCUT2D eigenvalue weighted by molar-refractivity contribution is 5.35. The van der Waals surface area contributed by atoms with E-state index in [2.05, 4.69) is 15.1 Å². The van der Waals surface area contributed by atoms with Crippen LogP contribution in [0.3, 0.4) is 0 Å². The highest BCUT2D eigenvalue weighted by Gasteiger charge is 2.15. The summed E-state index contributed by atoms with van der Waals surface area (Å²) >= 11 is 0. The van der Waals surface area contributed by atoms with Gasteiger partial charge in [0.15, 0.2) is 0 Å². The molecular formula is C13H12F3N3O. The Morgan fingerprint density at radius 2 is 1.95 bits per heavy atom. The van der Waals surface area contributed by atoms with Gasteiger partial charge >= 0.3 is 6.61 Å². The van der Waals surface area contributed by atoms with Crippen LogP contribution in [0, 0.1) is 5.82 Å². The third kappa shape index (κ3) is 3.46. The largest absolute Gasteiger partial charge is 0.435 e. The van der Waals surface area contributed by atoms with Gasteiger partial charge in [-0.3, -0.25) is 10.8 Å². The predicted octanol–water partition coefficient (Wildman–Crippen LogP) is 2.37. The highest BCUT2D eigenvalue weighted by atomic mass is 19.3. The molecule has 1 unspecified atom stereocenters. The number of hydrazine groups is 1. The van der Waals surface area contributed by atoms with Crippen molar-refractivity contribution in [2.24, 2.45) is 5.84 Å². The highest BCUT2D eigenvalue weighted by Crippen LogP contribution is 2.25. The van der Waals surface area contributed by atoms with Crippen molar-refractivity contribution in [1.82, 2.24) is 10.4 Å². The Kier molecular flexibility index (Phi) is 4.54. The number of ether oxygens (including phenoxy) is 1. The smallest absolute Gasteiger partial charge is 0.387 e. The Bertz CT molecular complexity index is 580. The second-order valence-corrected chi connectivity index (χ2v) is 3.99. The van der Waals surface area contributed by atoms with Gasteiger partial charge in [0.25, 0.3) is 0 Å². The molecule has 3 N–H and O–H groups in total. The topological polar surface area (TPSA) is 60.2 Å². The summed E-state index contributed by atoms with van der Waals surface area (Å²) in [6.07, 6.45) is 2.50. The number of pyridine rings is 1. The van der Waals surface area contributed by atoms with Crippen molar-refractivity contribution in [3.05, 3.63) is 59.7 Å². The second kappa shape index (κ2) is 6.36. The Balaban J connectivity index is 2.32. The first kappa shape index (κ1) is 14.3. The molecule has 1 atom stereocenters. The molecule has 1 heterocycles. The summed E-state index contributed by atoms with van der Waals surface area (Å²) in [6, 6.07) is 6.68. The maximum atomic E-state index is 13.2. The molecule has 0 saturated carbocycles. The van der Waals surface area contributed by atoms with Crippen molar-refractivity contribution in [1.29, 1.82) is 0 Å². The molecule has 0 aliphatic carbocycles. The molecule has 106 valence electrons. The zero-order chi connectivity index (χ0) is 14.5. The van der Waals surface area contributed by atoms with Gasteiger partial charge in [0.05, 0.1) is 12.2 Å². The van der Waals surface area contributed by atoms with Crippen molar-refractivity contribution < 1.29 is 17.9 Å². The van der Waals surface area contributed by atoms with Gasteiger partial charge in [-0.2, -0.15) is 8.78 Å². The summed E-state index contributed by atoms with van der Waals surface area (Å²) < 4.78 is 41.9. The number of rotatable bonds is 5. The molecule has 0 fully saturated rings. The van der Waals surface area contributed by atoms with E-state index < -0.39 is 18.5 Å². The summed E-state index contributed by atoms with van der Waals surface area (Å²) in [5.74, 6) is 4.94. The van der Waals surface area contributed by atoms with E-state index in [1.807, 2.05) is 0 Å². The normalized spacial score (nSPS) is 12.4. The Morgan fingerprint density at radius 3 is 2.60 bits per heavy atom. The van der Waals surface area contributed by atoms with Gasteiger partial charge in [-0.05, 0) is 29.3 Å². The minimum atomic E-state index is -2.91. The van der Waals surface area contributed by atoms with Gasteiger partial charge in [0, 0.05) is 6.20 Å². The standard InChI is InChI=1S/C13H12F3N3O/c14-10-4-9(6-18-7-10)12(19-17)8-2-1-3-11(5-8)20-13(15)16/h1-7,12-13,19H,17H2. The number of nitrogens with zero attached hydrogens (tertiary/aromatic N) is 1. The number of hydrogen-bond acceptors (Lipinski definition) is 4. The molecule has 2 aromatic rings. The minimum Gasteiger partial charge on any atom is -0.435 e. The molecule has 0 spiro atoms. The molecule has 1 aromatic carbocycles. The first-order valence-electron chi connectivity index (χ1n) is 5.71. The molecular weight excluding hydrogens is 271 g/mol. The van der Waals surface area contributed by atoms with E-state index in [-0.39, 0.29) is 5.75 Å². The molecule has 0 radical (unpaired) electrons. The average molecular weight is 283 g/mol. The number of nitrogens with one attached hydrogen (secondary N) is 1. The molecule has 4 nitrogen and oxygen atoms in total. The molecule has 7 heteroatoms. The Hall–Kier alpha value is -2.12. The molecule has 2 rings (SSSR count). The summed E-state index contributed by atoms with van der Waals surface area (Å²) in [5.41, 5.74) is 3.52. The number of benzene rings is 1. The van der Waals surface area contributed by atoms with Crippen LogP contribution >= 0.6 is 0 Å². The average Bonchev–Trinajstić information content (AvgIpc) is 2.39. The fourth-order valence-corrected chi connectivity index (χ4v) is 1.84. The van der Waals surface area contributed by atoms with Gasteiger partial charge in [0.2, 0.25) is 0 Å². The van der Waals surface area contributed by atoms with Gasteiger partial charge in [-0.1, -0.05) is 12.1 Å². The van der Waals surface area contributed by atoms with Crippen LogP contribution < -0.4 is 16.0 Å². The first-order chi connectivity index (χ1) is 9.60. The maximum Gasteiger partial charge on any atom is 0.387 e. The summed E-state index contributed by atoms with van der Waals surface area (Å²) in [6.45, 7) is -2.91. The van der Waals surface area contributed by atoms with E-state index in [9.17, 15) is 13.2 Å². The van der Waals surface area contributed by atoms with Crippen molar-refractivity contribution in [2.75, 3.05) is 0 Å². The predicted molar refractivity (Wildman–Crippen MR) is 66.4 cm³/mol. The van der Waals surface area contributed by atoms with Crippen molar-refractivity contribution in [3.8, 4) is 5.75 Å². The molecule has 20 heavy (non-hydrogen) atoms. The SMILES string of the molecule is NNC(c1cncc(F)c1)c1cccc(OC(F)F)c1. The van der Waals surface area contributed by atoms with Crippen LogP contribution in [-0.4, -0.2) is 11.6 Å². The quantitative estimate of drug-likeness (QED) is 0.653. The van der Waals surface area contributed by atoms with E-state index in [4.69, 9.17) is 5.84 Å². The monoisotopic (exact) mass is 283 g/mol. The number of alkyl halides is 2. The summed E-state index contributed by atoms with van der Waals surface area (Å²) in [4.78, 5) is 3.73. The van der Waals surface area contributed by atoms with Crippen LogP contribution in [0.5, 0.6) is 5.75 Å². The van der Waals surface area contributed by atoms with E-state index in [0.29, 0.717) is 11.1 Å². The third-order valence-electron chi connectivity index (χ3n) is 2.64. The van der Waals surface area contributed by atoms with E-state index in [1.54, 1.807) is 12.1 Å². The number of nitrogens with two attached hydrogens (primary N) is 1. The second-order valence-electron chi connectivity index (χ2n) is 3.99. The lowest BCUT2D eigenvalue weighted by atomic mass is 10.0. The van der Waals surface area contributed by atoms with Crippen LogP contribution in [0.15, 0.2) is 42.7 Å².